The first-order valence-corrected chi connectivity index (χ1v) is 21.6. The SMILES string of the molecule is CCCC(=O)OCN(CCCc1nc(C(=O)NCCC(C)C(=O)NNC(=O)OCCSSC)cs1)C(=O)C(NC(=O)C1CCCCN1C)C(C)CC. The van der Waals surface area contributed by atoms with Crippen molar-refractivity contribution < 1.29 is 38.2 Å². The molecule has 4 unspecified atom stereocenters. The summed E-state index contributed by atoms with van der Waals surface area (Å²) in [6, 6.07) is -1.06. The lowest BCUT2D eigenvalue weighted by atomic mass is 9.96. The van der Waals surface area contributed by atoms with Crippen LogP contribution in [-0.4, -0.2) is 115 Å². The van der Waals surface area contributed by atoms with Crippen molar-refractivity contribution in [2.45, 2.75) is 97.6 Å². The Morgan fingerprint density at radius 3 is 2.58 bits per heavy atom. The van der Waals surface area contributed by atoms with Crippen LogP contribution >= 0.6 is 32.9 Å². The summed E-state index contributed by atoms with van der Waals surface area (Å²) in [6.07, 6.45) is 6.73. The van der Waals surface area contributed by atoms with E-state index in [1.807, 2.05) is 39.0 Å². The number of carbonyl (C=O) groups is 6. The largest absolute Gasteiger partial charge is 0.447 e. The first-order chi connectivity index (χ1) is 24.9. The summed E-state index contributed by atoms with van der Waals surface area (Å²) >= 11 is 1.32. The van der Waals surface area contributed by atoms with Crippen LogP contribution in [0, 0.1) is 11.8 Å². The summed E-state index contributed by atoms with van der Waals surface area (Å²) in [6.45, 7) is 8.76. The Labute approximate surface area is 319 Å². The molecule has 15 nitrogen and oxygen atoms in total. The molecule has 0 bridgehead atoms. The predicted molar refractivity (Wildman–Crippen MR) is 204 cm³/mol. The molecule has 294 valence electrons. The van der Waals surface area contributed by atoms with Crippen LogP contribution in [0.25, 0.3) is 0 Å². The Hall–Kier alpha value is -3.09. The van der Waals surface area contributed by atoms with E-state index in [-0.39, 0.29) is 68.2 Å². The van der Waals surface area contributed by atoms with Gasteiger partial charge in [-0.15, -0.1) is 11.3 Å². The smallest absolute Gasteiger partial charge is 0.426 e. The van der Waals surface area contributed by atoms with E-state index in [0.717, 1.165) is 25.8 Å². The average molecular weight is 788 g/mol. The number of thiazole rings is 1. The van der Waals surface area contributed by atoms with Crippen LogP contribution in [0.2, 0.25) is 0 Å². The van der Waals surface area contributed by atoms with Crippen molar-refractivity contribution in [3.05, 3.63) is 16.1 Å². The third-order valence-corrected chi connectivity index (χ3v) is 11.4. The van der Waals surface area contributed by atoms with E-state index in [1.165, 1.54) is 16.2 Å². The molecule has 1 aromatic heterocycles. The van der Waals surface area contributed by atoms with Crippen molar-refractivity contribution in [1.82, 2.24) is 36.3 Å². The fourth-order valence-corrected chi connectivity index (χ4v) is 7.14. The number of carbonyl (C=O) groups excluding carboxylic acids is 6. The summed E-state index contributed by atoms with van der Waals surface area (Å²) in [5.74, 6) is -1.66. The maximum atomic E-state index is 14.0. The first-order valence-electron chi connectivity index (χ1n) is 18.0. The van der Waals surface area contributed by atoms with E-state index < -0.39 is 29.9 Å². The predicted octanol–water partition coefficient (Wildman–Crippen LogP) is 3.74. The van der Waals surface area contributed by atoms with Crippen LogP contribution in [0.15, 0.2) is 5.38 Å². The summed E-state index contributed by atoms with van der Waals surface area (Å²) in [7, 11) is 5.05. The van der Waals surface area contributed by atoms with Crippen LogP contribution in [0.5, 0.6) is 0 Å². The topological polar surface area (TPSA) is 188 Å². The number of likely N-dealkylation sites (tertiary alicyclic amines) is 1. The fraction of sp³-hybridized carbons (Fsp3) is 0.735. The Morgan fingerprint density at radius 2 is 1.88 bits per heavy atom. The zero-order valence-corrected chi connectivity index (χ0v) is 33.8. The van der Waals surface area contributed by atoms with Gasteiger partial charge in [-0.05, 0) is 57.9 Å². The minimum absolute atomic E-state index is 0.143. The number of nitrogens with zero attached hydrogens (tertiary/aromatic N) is 3. The van der Waals surface area contributed by atoms with Gasteiger partial charge in [0.1, 0.15) is 18.3 Å². The maximum Gasteiger partial charge on any atom is 0.426 e. The highest BCUT2D eigenvalue weighted by atomic mass is 33.1. The van der Waals surface area contributed by atoms with Gasteiger partial charge >= 0.3 is 12.1 Å². The van der Waals surface area contributed by atoms with Gasteiger partial charge in [-0.1, -0.05) is 62.1 Å². The van der Waals surface area contributed by atoms with E-state index in [1.54, 1.807) is 33.9 Å². The Balaban J connectivity index is 1.91. The van der Waals surface area contributed by atoms with Gasteiger partial charge in [-0.25, -0.2) is 15.2 Å². The Morgan fingerprint density at radius 1 is 1.12 bits per heavy atom. The van der Waals surface area contributed by atoms with Gasteiger partial charge in [0.2, 0.25) is 17.7 Å². The number of rotatable bonds is 22. The second kappa shape index (κ2) is 25.0. The molecule has 18 heteroatoms. The average Bonchev–Trinajstić information content (AvgIpc) is 3.61. The van der Waals surface area contributed by atoms with Gasteiger partial charge in [-0.2, -0.15) is 0 Å². The molecule has 0 spiro atoms. The minimum Gasteiger partial charge on any atom is -0.447 e. The van der Waals surface area contributed by atoms with E-state index in [9.17, 15) is 28.8 Å². The van der Waals surface area contributed by atoms with Crippen molar-refractivity contribution in [3.8, 4) is 0 Å². The zero-order valence-electron chi connectivity index (χ0n) is 31.3. The van der Waals surface area contributed by atoms with E-state index in [2.05, 4.69) is 26.5 Å². The standard InChI is InChI=1S/C34H57N7O8S3/c1-7-12-28(42)49-22-41(33(46)29(23(3)8-2)37-32(45)26-13-9-10-17-40(26)5)18-11-14-27-36-25(21-51-27)31(44)35-16-15-24(4)30(43)38-39-34(47)48-19-20-52-50-6/h21,23-24,26,29H,7-20,22H2,1-6H3,(H,35,44)(H,37,45)(H,38,43)(H,39,47). The molecule has 52 heavy (non-hydrogen) atoms. The maximum absolute atomic E-state index is 14.0. The first kappa shape index (κ1) is 45.1. The summed E-state index contributed by atoms with van der Waals surface area (Å²) in [5, 5.41) is 8.15. The molecule has 1 saturated heterocycles. The van der Waals surface area contributed by atoms with Gasteiger partial charge in [0.05, 0.1) is 11.0 Å². The van der Waals surface area contributed by atoms with Crippen LogP contribution in [0.1, 0.15) is 94.6 Å². The third kappa shape index (κ3) is 16.3. The van der Waals surface area contributed by atoms with E-state index in [0.29, 0.717) is 42.9 Å². The van der Waals surface area contributed by atoms with Crippen molar-refractivity contribution >= 4 is 68.6 Å². The second-order valence-electron chi connectivity index (χ2n) is 12.8. The Bertz CT molecular complexity index is 1300. The number of hydrazine groups is 1. The van der Waals surface area contributed by atoms with Crippen LogP contribution in [0.3, 0.4) is 0 Å². The number of ether oxygens (including phenoxy) is 2. The molecule has 0 aliphatic carbocycles. The molecular weight excluding hydrogens is 731 g/mol. The Kier molecular flexibility index (Phi) is 21.7. The molecule has 0 saturated carbocycles. The molecule has 4 N–H and O–H groups in total. The number of likely N-dealkylation sites (N-methyl/N-ethyl adjacent to an activating group) is 1. The van der Waals surface area contributed by atoms with Crippen molar-refractivity contribution in [1.29, 1.82) is 0 Å². The molecule has 2 rings (SSSR count). The number of amides is 5. The van der Waals surface area contributed by atoms with Gasteiger partial charge in [0.25, 0.3) is 5.91 Å². The van der Waals surface area contributed by atoms with Crippen LogP contribution < -0.4 is 21.5 Å². The fourth-order valence-electron chi connectivity index (χ4n) is 5.30. The molecule has 1 aromatic rings. The van der Waals surface area contributed by atoms with Crippen LogP contribution in [0.4, 0.5) is 4.79 Å². The third-order valence-electron chi connectivity index (χ3n) is 8.72. The number of aryl methyl sites for hydroxylation is 1. The lowest BCUT2D eigenvalue weighted by Gasteiger charge is -2.35. The highest BCUT2D eigenvalue weighted by Gasteiger charge is 2.34. The summed E-state index contributed by atoms with van der Waals surface area (Å²) < 4.78 is 10.4. The quantitative estimate of drug-likeness (QED) is 0.0439. The highest BCUT2D eigenvalue weighted by molar-refractivity contribution is 8.76. The van der Waals surface area contributed by atoms with Crippen LogP contribution in [-0.2, 0) is 35.1 Å². The molecular formula is C34H57N7O8S3. The lowest BCUT2D eigenvalue weighted by Crippen LogP contribution is -2.57. The van der Waals surface area contributed by atoms with E-state index >= 15 is 0 Å². The van der Waals surface area contributed by atoms with Crippen molar-refractivity contribution in [2.75, 3.05) is 52.0 Å². The molecule has 0 radical (unpaired) electrons. The number of piperidine rings is 1. The molecule has 4 atom stereocenters. The number of aromatic nitrogens is 1. The highest BCUT2D eigenvalue weighted by Crippen LogP contribution is 2.19. The number of esters is 1. The molecule has 1 aliphatic heterocycles. The normalized spacial score (nSPS) is 16.2. The van der Waals surface area contributed by atoms with Gasteiger partial charge in [-0.3, -0.25) is 34.3 Å². The van der Waals surface area contributed by atoms with Crippen molar-refractivity contribution in [3.63, 3.8) is 0 Å². The number of hydrogen-bond donors (Lipinski definition) is 4. The van der Waals surface area contributed by atoms with Gasteiger partial charge in [0.15, 0.2) is 6.73 Å². The zero-order chi connectivity index (χ0) is 38.5. The summed E-state index contributed by atoms with van der Waals surface area (Å²) in [4.78, 5) is 84.2. The number of hydrogen-bond acceptors (Lipinski definition) is 13. The summed E-state index contributed by atoms with van der Waals surface area (Å²) in [5.41, 5.74) is 4.78. The monoisotopic (exact) mass is 787 g/mol. The molecule has 0 aromatic carbocycles. The molecule has 1 fully saturated rings. The molecule has 2 heterocycles. The molecule has 1 aliphatic rings. The molecule has 5 amide bonds. The van der Waals surface area contributed by atoms with Crippen molar-refractivity contribution in [2.24, 2.45) is 11.8 Å². The number of nitrogens with one attached hydrogen (secondary N) is 4. The minimum atomic E-state index is -0.770. The lowest BCUT2D eigenvalue weighted by molar-refractivity contribution is -0.155. The van der Waals surface area contributed by atoms with Gasteiger partial charge < -0.3 is 25.0 Å². The van der Waals surface area contributed by atoms with E-state index in [4.69, 9.17) is 9.47 Å². The second-order valence-corrected chi connectivity index (χ2v) is 16.4. The van der Waals surface area contributed by atoms with Gasteiger partial charge in [0, 0.05) is 43.0 Å².